The second-order valence-electron chi connectivity index (χ2n) is 3.52. The summed E-state index contributed by atoms with van der Waals surface area (Å²) in [6.45, 7) is 0. The van der Waals surface area contributed by atoms with Crippen molar-refractivity contribution >= 4 is 10.2 Å². The van der Waals surface area contributed by atoms with Crippen molar-refractivity contribution in [1.29, 1.82) is 0 Å². The van der Waals surface area contributed by atoms with E-state index in [2.05, 4.69) is 4.72 Å². The Labute approximate surface area is 80.5 Å². The van der Waals surface area contributed by atoms with Gasteiger partial charge in [-0.05, 0) is 12.8 Å². The van der Waals surface area contributed by atoms with Gasteiger partial charge in [-0.2, -0.15) is 12.7 Å². The van der Waals surface area contributed by atoms with Crippen molar-refractivity contribution in [3.8, 4) is 0 Å². The molecule has 0 radical (unpaired) electrons. The SMILES string of the molecule is CNS(=O)(=O)N(C)C1CCCCC1. The molecule has 0 saturated heterocycles. The van der Waals surface area contributed by atoms with Gasteiger partial charge in [-0.15, -0.1) is 0 Å². The van der Waals surface area contributed by atoms with Gasteiger partial charge >= 0.3 is 0 Å². The molecule has 0 aromatic rings. The van der Waals surface area contributed by atoms with Crippen LogP contribution in [-0.4, -0.2) is 32.9 Å². The molecule has 13 heavy (non-hydrogen) atoms. The van der Waals surface area contributed by atoms with Gasteiger partial charge in [0.25, 0.3) is 10.2 Å². The van der Waals surface area contributed by atoms with Gasteiger partial charge in [0.2, 0.25) is 0 Å². The monoisotopic (exact) mass is 206 g/mol. The van der Waals surface area contributed by atoms with Crippen molar-refractivity contribution in [2.75, 3.05) is 14.1 Å². The molecule has 0 unspecified atom stereocenters. The van der Waals surface area contributed by atoms with Gasteiger partial charge in [0.1, 0.15) is 0 Å². The van der Waals surface area contributed by atoms with Crippen LogP contribution >= 0.6 is 0 Å². The van der Waals surface area contributed by atoms with Crippen molar-refractivity contribution in [3.05, 3.63) is 0 Å². The van der Waals surface area contributed by atoms with E-state index in [4.69, 9.17) is 0 Å². The molecule has 1 aliphatic rings. The summed E-state index contributed by atoms with van der Waals surface area (Å²) < 4.78 is 26.6. The van der Waals surface area contributed by atoms with Crippen LogP contribution in [0.5, 0.6) is 0 Å². The highest BCUT2D eigenvalue weighted by atomic mass is 32.2. The average Bonchev–Trinajstić information content (AvgIpc) is 2.18. The van der Waals surface area contributed by atoms with Crippen molar-refractivity contribution in [2.45, 2.75) is 38.1 Å². The first-order valence-electron chi connectivity index (χ1n) is 4.74. The van der Waals surface area contributed by atoms with Gasteiger partial charge in [-0.25, -0.2) is 4.72 Å². The summed E-state index contributed by atoms with van der Waals surface area (Å²) in [6.07, 6.45) is 5.53. The van der Waals surface area contributed by atoms with E-state index in [1.807, 2.05) is 0 Å². The van der Waals surface area contributed by atoms with Crippen LogP contribution in [0, 0.1) is 0 Å². The van der Waals surface area contributed by atoms with Crippen molar-refractivity contribution in [2.24, 2.45) is 0 Å². The van der Waals surface area contributed by atoms with Gasteiger partial charge in [-0.3, -0.25) is 0 Å². The Balaban J connectivity index is 2.60. The maximum atomic E-state index is 11.4. The number of nitrogens with zero attached hydrogens (tertiary/aromatic N) is 1. The summed E-state index contributed by atoms with van der Waals surface area (Å²) in [6, 6.07) is 0.200. The summed E-state index contributed by atoms with van der Waals surface area (Å²) in [5.74, 6) is 0. The Hall–Kier alpha value is -0.130. The molecule has 1 aliphatic carbocycles. The van der Waals surface area contributed by atoms with Crippen LogP contribution in [0.1, 0.15) is 32.1 Å². The predicted octanol–water partition coefficient (Wildman–Crippen LogP) is 0.715. The van der Waals surface area contributed by atoms with Crippen LogP contribution in [0.4, 0.5) is 0 Å². The maximum Gasteiger partial charge on any atom is 0.279 e. The van der Waals surface area contributed by atoms with Crippen LogP contribution in [0.15, 0.2) is 0 Å². The first-order chi connectivity index (χ1) is 6.08. The summed E-state index contributed by atoms with van der Waals surface area (Å²) >= 11 is 0. The second kappa shape index (κ2) is 4.39. The minimum atomic E-state index is -3.21. The summed E-state index contributed by atoms with van der Waals surface area (Å²) in [5.41, 5.74) is 0. The lowest BCUT2D eigenvalue weighted by Crippen LogP contribution is -2.43. The Bertz CT molecular complexity index is 245. The van der Waals surface area contributed by atoms with E-state index in [1.54, 1.807) is 7.05 Å². The minimum absolute atomic E-state index is 0.200. The average molecular weight is 206 g/mol. The van der Waals surface area contributed by atoms with Crippen LogP contribution in [-0.2, 0) is 10.2 Å². The van der Waals surface area contributed by atoms with Crippen molar-refractivity contribution in [3.63, 3.8) is 0 Å². The molecule has 1 N–H and O–H groups in total. The molecule has 78 valence electrons. The number of hydrogen-bond donors (Lipinski definition) is 1. The Morgan fingerprint density at radius 1 is 1.23 bits per heavy atom. The molecule has 5 heteroatoms. The Morgan fingerprint density at radius 3 is 2.23 bits per heavy atom. The van der Waals surface area contributed by atoms with Crippen LogP contribution < -0.4 is 4.72 Å². The molecule has 0 bridgehead atoms. The van der Waals surface area contributed by atoms with E-state index in [0.717, 1.165) is 25.7 Å². The quantitative estimate of drug-likeness (QED) is 0.739. The lowest BCUT2D eigenvalue weighted by Gasteiger charge is -2.29. The highest BCUT2D eigenvalue weighted by molar-refractivity contribution is 7.87. The zero-order valence-corrected chi connectivity index (χ0v) is 9.10. The summed E-state index contributed by atoms with van der Waals surface area (Å²) in [5, 5.41) is 0. The molecule has 4 nitrogen and oxygen atoms in total. The molecule has 0 aromatic heterocycles. The van der Waals surface area contributed by atoms with E-state index < -0.39 is 10.2 Å². The third-order valence-electron chi connectivity index (χ3n) is 2.73. The van der Waals surface area contributed by atoms with Gasteiger partial charge in [-0.1, -0.05) is 19.3 Å². The lowest BCUT2D eigenvalue weighted by molar-refractivity contribution is 0.284. The third kappa shape index (κ3) is 2.65. The lowest BCUT2D eigenvalue weighted by atomic mass is 9.96. The molecule has 1 rings (SSSR count). The summed E-state index contributed by atoms with van der Waals surface area (Å²) in [7, 11) is -0.107. The smallest absolute Gasteiger partial charge is 0.205 e. The highest BCUT2D eigenvalue weighted by Crippen LogP contribution is 2.22. The standard InChI is InChI=1S/C8H18N2O2S/c1-9-13(11,12)10(2)8-6-4-3-5-7-8/h8-9H,3-7H2,1-2H3. The van der Waals surface area contributed by atoms with Crippen LogP contribution in [0.25, 0.3) is 0 Å². The molecule has 1 saturated carbocycles. The van der Waals surface area contributed by atoms with Gasteiger partial charge in [0, 0.05) is 20.1 Å². The van der Waals surface area contributed by atoms with Crippen molar-refractivity contribution < 1.29 is 8.42 Å². The molecule has 0 atom stereocenters. The molecule has 0 amide bonds. The zero-order chi connectivity index (χ0) is 9.90. The number of nitrogens with one attached hydrogen (secondary N) is 1. The number of hydrogen-bond acceptors (Lipinski definition) is 2. The Kier molecular flexibility index (Phi) is 3.70. The fourth-order valence-corrected chi connectivity index (χ4v) is 2.68. The largest absolute Gasteiger partial charge is 0.279 e. The molecule has 1 fully saturated rings. The zero-order valence-electron chi connectivity index (χ0n) is 8.28. The summed E-state index contributed by atoms with van der Waals surface area (Å²) in [4.78, 5) is 0. The maximum absolute atomic E-state index is 11.4. The molecule has 0 aliphatic heterocycles. The third-order valence-corrected chi connectivity index (χ3v) is 4.30. The van der Waals surface area contributed by atoms with E-state index in [1.165, 1.54) is 17.8 Å². The van der Waals surface area contributed by atoms with Gasteiger partial charge in [0.15, 0.2) is 0 Å². The first kappa shape index (κ1) is 10.9. The van der Waals surface area contributed by atoms with Crippen LogP contribution in [0.2, 0.25) is 0 Å². The minimum Gasteiger partial charge on any atom is -0.205 e. The first-order valence-corrected chi connectivity index (χ1v) is 6.18. The van der Waals surface area contributed by atoms with E-state index in [-0.39, 0.29) is 6.04 Å². The fraction of sp³-hybridized carbons (Fsp3) is 1.00. The molecular formula is C8H18N2O2S. The van der Waals surface area contributed by atoms with Gasteiger partial charge < -0.3 is 0 Å². The van der Waals surface area contributed by atoms with E-state index in [9.17, 15) is 8.42 Å². The van der Waals surface area contributed by atoms with Gasteiger partial charge in [0.05, 0.1) is 0 Å². The normalized spacial score (nSPS) is 20.8. The molecular weight excluding hydrogens is 188 g/mol. The predicted molar refractivity (Wildman–Crippen MR) is 52.6 cm³/mol. The van der Waals surface area contributed by atoms with E-state index in [0.29, 0.717) is 0 Å². The molecule has 0 heterocycles. The van der Waals surface area contributed by atoms with E-state index >= 15 is 0 Å². The van der Waals surface area contributed by atoms with Crippen molar-refractivity contribution in [1.82, 2.24) is 9.03 Å². The second-order valence-corrected chi connectivity index (χ2v) is 5.45. The number of rotatable bonds is 3. The fourth-order valence-electron chi connectivity index (χ4n) is 1.78. The molecule has 0 aromatic carbocycles. The van der Waals surface area contributed by atoms with Crippen LogP contribution in [0.3, 0.4) is 0 Å². The Morgan fingerprint density at radius 2 is 1.77 bits per heavy atom. The topological polar surface area (TPSA) is 49.4 Å². The molecule has 0 spiro atoms. The highest BCUT2D eigenvalue weighted by Gasteiger charge is 2.25.